The molecule has 1 fully saturated rings. The van der Waals surface area contributed by atoms with Crippen LogP contribution in [-0.2, 0) is 28.7 Å². The Morgan fingerprint density at radius 2 is 1.59 bits per heavy atom. The first-order valence-corrected chi connectivity index (χ1v) is 14.0. The van der Waals surface area contributed by atoms with Crippen molar-refractivity contribution in [3.8, 4) is 0 Å². The minimum absolute atomic E-state index is 0.0557. The lowest BCUT2D eigenvalue weighted by molar-refractivity contribution is -0.142. The predicted octanol–water partition coefficient (Wildman–Crippen LogP) is -1.86. The van der Waals surface area contributed by atoms with Gasteiger partial charge in [-0.1, -0.05) is 13.8 Å². The molecule has 13 heteroatoms. The number of hydrogen-bond acceptors (Lipinski definition) is 9. The van der Waals surface area contributed by atoms with Crippen molar-refractivity contribution in [3.63, 3.8) is 0 Å². The van der Waals surface area contributed by atoms with E-state index in [0.29, 0.717) is 39.1 Å². The summed E-state index contributed by atoms with van der Waals surface area (Å²) in [4.78, 5) is 53.6. The van der Waals surface area contributed by atoms with Crippen LogP contribution in [0.4, 0.5) is 0 Å². The average molecular weight is 558 g/mol. The molecule has 1 aliphatic heterocycles. The van der Waals surface area contributed by atoms with Crippen LogP contribution in [0.25, 0.3) is 0 Å². The molecular weight excluding hydrogens is 506 g/mol. The molecule has 4 amide bonds. The van der Waals surface area contributed by atoms with Gasteiger partial charge in [0.1, 0.15) is 18.7 Å². The summed E-state index contributed by atoms with van der Waals surface area (Å²) in [5, 5.41) is 14.4. The van der Waals surface area contributed by atoms with E-state index in [2.05, 4.69) is 31.5 Å². The second-order valence-electron chi connectivity index (χ2n) is 10.1. The van der Waals surface area contributed by atoms with Crippen LogP contribution in [0.1, 0.15) is 33.1 Å². The summed E-state index contributed by atoms with van der Waals surface area (Å²) in [5.41, 5.74) is 0. The van der Waals surface area contributed by atoms with Crippen LogP contribution in [-0.4, -0.2) is 139 Å². The summed E-state index contributed by atoms with van der Waals surface area (Å²) < 4.78 is 10.9. The van der Waals surface area contributed by atoms with E-state index >= 15 is 0 Å². The maximum absolute atomic E-state index is 13.2. The first-order chi connectivity index (χ1) is 18.7. The van der Waals surface area contributed by atoms with Crippen molar-refractivity contribution in [2.75, 3.05) is 93.4 Å². The van der Waals surface area contributed by atoms with E-state index in [1.807, 2.05) is 27.9 Å². The number of carbonyl (C=O) groups excluding carboxylic acids is 4. The van der Waals surface area contributed by atoms with Crippen LogP contribution >= 0.6 is 0 Å². The average Bonchev–Trinajstić information content (AvgIpc) is 3.40. The van der Waals surface area contributed by atoms with Gasteiger partial charge in [-0.15, -0.1) is 0 Å². The lowest BCUT2D eigenvalue weighted by Gasteiger charge is -2.29. The Kier molecular flexibility index (Phi) is 18.3. The van der Waals surface area contributed by atoms with E-state index in [0.717, 1.165) is 32.6 Å². The predicted molar refractivity (Wildman–Crippen MR) is 149 cm³/mol. The van der Waals surface area contributed by atoms with Crippen molar-refractivity contribution in [2.45, 2.75) is 45.2 Å². The van der Waals surface area contributed by atoms with Gasteiger partial charge < -0.3 is 41.0 Å². The second-order valence-corrected chi connectivity index (χ2v) is 10.1. The number of likely N-dealkylation sites (tertiary alicyclic amines) is 1. The van der Waals surface area contributed by atoms with Gasteiger partial charge >= 0.3 is 0 Å². The lowest BCUT2D eigenvalue weighted by Crippen LogP contribution is -2.54. The number of nitrogens with zero attached hydrogens (tertiary/aromatic N) is 2. The summed E-state index contributed by atoms with van der Waals surface area (Å²) in [5.74, 6) is -0.687. The number of nitrogens with one attached hydrogen (secondary N) is 5. The molecule has 5 N–H and O–H groups in total. The van der Waals surface area contributed by atoms with E-state index in [9.17, 15) is 19.2 Å². The van der Waals surface area contributed by atoms with E-state index < -0.39 is 18.0 Å². The summed E-state index contributed by atoms with van der Waals surface area (Å²) >= 11 is 0. The Bertz CT molecular complexity index is 732. The van der Waals surface area contributed by atoms with Crippen molar-refractivity contribution in [1.82, 2.24) is 36.4 Å². The van der Waals surface area contributed by atoms with Crippen molar-refractivity contribution < 1.29 is 28.7 Å². The molecule has 1 aliphatic rings. The van der Waals surface area contributed by atoms with Crippen molar-refractivity contribution in [3.05, 3.63) is 0 Å². The minimum Gasteiger partial charge on any atom is -0.377 e. The summed E-state index contributed by atoms with van der Waals surface area (Å²) in [6.45, 7) is 8.98. The fourth-order valence-electron chi connectivity index (χ4n) is 4.31. The van der Waals surface area contributed by atoms with E-state index in [1.165, 1.54) is 0 Å². The van der Waals surface area contributed by atoms with Crippen LogP contribution in [0.3, 0.4) is 0 Å². The summed E-state index contributed by atoms with van der Waals surface area (Å²) in [6.07, 6.45) is 1.84. The SMILES string of the molecule is CNCCN(CCNC)CC(=O)NCCOCCOCC(=O)N[C@@H](CC(C)C)C(=O)N1CCC[C@H]1C(=O)NC. The number of hydrogen-bond donors (Lipinski definition) is 5. The molecule has 39 heavy (non-hydrogen) atoms. The zero-order valence-corrected chi connectivity index (χ0v) is 24.5. The topological polar surface area (TPSA) is 153 Å². The summed E-state index contributed by atoms with van der Waals surface area (Å²) in [6, 6.07) is -1.21. The molecule has 0 aliphatic carbocycles. The van der Waals surface area contributed by atoms with E-state index in [4.69, 9.17) is 9.47 Å². The maximum Gasteiger partial charge on any atom is 0.246 e. The Morgan fingerprint density at radius 1 is 0.923 bits per heavy atom. The third-order valence-electron chi connectivity index (χ3n) is 6.32. The van der Waals surface area contributed by atoms with Crippen LogP contribution in [0, 0.1) is 5.92 Å². The summed E-state index contributed by atoms with van der Waals surface area (Å²) in [7, 11) is 5.32. The molecule has 0 radical (unpaired) electrons. The van der Waals surface area contributed by atoms with E-state index in [1.54, 1.807) is 11.9 Å². The lowest BCUT2D eigenvalue weighted by atomic mass is 10.0. The highest BCUT2D eigenvalue weighted by Gasteiger charge is 2.37. The van der Waals surface area contributed by atoms with E-state index in [-0.39, 0.29) is 43.5 Å². The molecule has 1 heterocycles. The quantitative estimate of drug-likeness (QED) is 0.102. The molecule has 2 atom stereocenters. The molecule has 1 rings (SSSR count). The van der Waals surface area contributed by atoms with Crippen LogP contribution in [0.5, 0.6) is 0 Å². The van der Waals surface area contributed by atoms with Gasteiger partial charge in [-0.2, -0.15) is 0 Å². The highest BCUT2D eigenvalue weighted by molar-refractivity contribution is 5.92. The Labute approximate surface area is 233 Å². The highest BCUT2D eigenvalue weighted by Crippen LogP contribution is 2.20. The smallest absolute Gasteiger partial charge is 0.246 e. The highest BCUT2D eigenvalue weighted by atomic mass is 16.5. The fraction of sp³-hybridized carbons (Fsp3) is 0.846. The first-order valence-electron chi connectivity index (χ1n) is 14.0. The number of rotatable bonds is 21. The largest absolute Gasteiger partial charge is 0.377 e. The van der Waals surface area contributed by atoms with Gasteiger partial charge in [0.15, 0.2) is 0 Å². The van der Waals surface area contributed by atoms with Crippen LogP contribution < -0.4 is 26.6 Å². The van der Waals surface area contributed by atoms with Gasteiger partial charge in [-0.25, -0.2) is 0 Å². The maximum atomic E-state index is 13.2. The third-order valence-corrected chi connectivity index (χ3v) is 6.32. The molecule has 0 aromatic rings. The second kappa shape index (κ2) is 20.6. The number of likely N-dealkylation sites (N-methyl/N-ethyl adjacent to an activating group) is 3. The molecule has 13 nitrogen and oxygen atoms in total. The van der Waals surface area contributed by atoms with Crippen molar-refractivity contribution in [2.24, 2.45) is 5.92 Å². The molecule has 0 unspecified atom stereocenters. The molecule has 0 spiro atoms. The Hall–Kier alpha value is -2.32. The van der Waals surface area contributed by atoms with Crippen LogP contribution in [0.15, 0.2) is 0 Å². The Morgan fingerprint density at radius 3 is 2.21 bits per heavy atom. The molecular formula is C26H51N7O6. The number of ether oxygens (including phenoxy) is 2. The zero-order chi connectivity index (χ0) is 29.0. The minimum atomic E-state index is -0.710. The van der Waals surface area contributed by atoms with Gasteiger partial charge in [-0.3, -0.25) is 24.1 Å². The normalized spacial score (nSPS) is 16.0. The van der Waals surface area contributed by atoms with Crippen molar-refractivity contribution in [1.29, 1.82) is 0 Å². The van der Waals surface area contributed by atoms with Gasteiger partial charge in [-0.05, 0) is 39.3 Å². The zero-order valence-electron chi connectivity index (χ0n) is 24.5. The van der Waals surface area contributed by atoms with Gasteiger partial charge in [0.05, 0.1) is 26.4 Å². The number of amides is 4. The molecule has 0 bridgehead atoms. The van der Waals surface area contributed by atoms with Crippen molar-refractivity contribution >= 4 is 23.6 Å². The number of carbonyl (C=O) groups is 4. The first kappa shape index (κ1) is 34.7. The molecule has 0 aromatic carbocycles. The van der Waals surface area contributed by atoms with Gasteiger partial charge in [0.25, 0.3) is 0 Å². The molecule has 1 saturated heterocycles. The standard InChI is InChI=1S/C26H51N7O6/c1-20(2)17-21(26(37)33-11-6-7-22(33)25(36)29-5)31-24(35)19-39-16-15-38-14-10-30-23(34)18-32(12-8-27-3)13-9-28-4/h20-22,27-28H,6-19H2,1-5H3,(H,29,36)(H,30,34)(H,31,35)/t21-,22-/m0/s1. The molecule has 226 valence electrons. The van der Waals surface area contributed by atoms with Gasteiger partial charge in [0, 0.05) is 46.3 Å². The fourth-order valence-corrected chi connectivity index (χ4v) is 4.31. The van der Waals surface area contributed by atoms with Crippen LogP contribution in [0.2, 0.25) is 0 Å². The molecule has 0 saturated carbocycles. The Balaban J connectivity index is 2.29. The third kappa shape index (κ3) is 14.6. The van der Waals surface area contributed by atoms with Gasteiger partial charge in [0.2, 0.25) is 23.6 Å². The monoisotopic (exact) mass is 557 g/mol. The molecule has 0 aromatic heterocycles.